The minimum atomic E-state index is -4.24. The summed E-state index contributed by atoms with van der Waals surface area (Å²) < 4.78 is 42.5. The number of anilines is 1. The topological polar surface area (TPSA) is 125 Å². The van der Waals surface area contributed by atoms with E-state index in [2.05, 4.69) is 20.0 Å². The molecular formula is C26H32FN5O4S2. The number of thiazole rings is 1. The van der Waals surface area contributed by atoms with Crippen molar-refractivity contribution in [2.45, 2.75) is 42.7 Å². The number of amides is 1. The van der Waals surface area contributed by atoms with Crippen LogP contribution in [0.3, 0.4) is 0 Å². The third-order valence-electron chi connectivity index (χ3n) is 6.69. The Bertz CT molecular complexity index is 1270. The van der Waals surface area contributed by atoms with Gasteiger partial charge in [0.1, 0.15) is 10.9 Å². The molecule has 0 saturated carbocycles. The highest BCUT2D eigenvalue weighted by atomic mass is 32.2. The molecule has 1 fully saturated rings. The molecule has 1 aliphatic rings. The highest BCUT2D eigenvalue weighted by molar-refractivity contribution is 7.89. The number of aromatic nitrogens is 2. The van der Waals surface area contributed by atoms with Gasteiger partial charge in [-0.2, -0.15) is 4.72 Å². The molecule has 0 bridgehead atoms. The normalized spacial score (nSPS) is 16.2. The van der Waals surface area contributed by atoms with E-state index in [4.69, 9.17) is 0 Å². The van der Waals surface area contributed by atoms with E-state index < -0.39 is 28.0 Å². The maximum atomic E-state index is 13.6. The number of hydrogen-bond donors (Lipinski definition) is 3. The lowest BCUT2D eigenvalue weighted by molar-refractivity contribution is -0.134. The molecule has 38 heavy (non-hydrogen) atoms. The van der Waals surface area contributed by atoms with Crippen LogP contribution in [0, 0.1) is 5.92 Å². The molecule has 4 rings (SSSR count). The number of carbonyl (C=O) groups excluding carboxylic acids is 1. The van der Waals surface area contributed by atoms with E-state index in [-0.39, 0.29) is 29.8 Å². The SMILES string of the molecule is O=C([C@@H](NS(=O)(=O)c1cnccc1N[C@H](CO)Cc1ccccc1)c1cscn1)N1CCC(CCF)CC1. The van der Waals surface area contributed by atoms with Gasteiger partial charge in [0.05, 0.1) is 36.2 Å². The average molecular weight is 562 g/mol. The van der Waals surface area contributed by atoms with Crippen molar-refractivity contribution in [2.75, 3.05) is 31.7 Å². The van der Waals surface area contributed by atoms with Crippen LogP contribution in [0.4, 0.5) is 10.1 Å². The zero-order valence-corrected chi connectivity index (χ0v) is 22.5. The zero-order valence-electron chi connectivity index (χ0n) is 20.9. The lowest BCUT2D eigenvalue weighted by Crippen LogP contribution is -2.46. The third-order valence-corrected chi connectivity index (χ3v) is 8.74. The Labute approximate surface area is 226 Å². The molecule has 0 spiro atoms. The number of carbonyl (C=O) groups is 1. The van der Waals surface area contributed by atoms with Crippen LogP contribution in [-0.2, 0) is 21.2 Å². The van der Waals surface area contributed by atoms with Crippen LogP contribution in [0.2, 0.25) is 0 Å². The summed E-state index contributed by atoms with van der Waals surface area (Å²) in [4.78, 5) is 23.2. The van der Waals surface area contributed by atoms with E-state index in [1.165, 1.54) is 29.8 Å². The van der Waals surface area contributed by atoms with E-state index in [0.29, 0.717) is 44.5 Å². The van der Waals surface area contributed by atoms with Crippen molar-refractivity contribution in [3.8, 4) is 0 Å². The standard InChI is InChI=1S/C26H32FN5O4S2/c27-10-6-19-8-12-32(13-9-19)26(34)25(23-17-37-18-29-23)31-38(35,36)24-15-28-11-7-22(24)30-21(16-33)14-20-4-2-1-3-5-20/h1-5,7,11,15,17-19,21,25,31,33H,6,8-10,12-14,16H2,(H,28,30)/t21-,25-/m0/s1. The predicted octanol–water partition coefficient (Wildman–Crippen LogP) is 3.17. The monoisotopic (exact) mass is 561 g/mol. The van der Waals surface area contributed by atoms with Gasteiger partial charge in [0.2, 0.25) is 15.9 Å². The quantitative estimate of drug-likeness (QED) is 0.310. The lowest BCUT2D eigenvalue weighted by atomic mass is 9.94. The number of aliphatic hydroxyl groups excluding tert-OH is 1. The Morgan fingerprint density at radius 1 is 1.21 bits per heavy atom. The molecular weight excluding hydrogens is 529 g/mol. The summed E-state index contributed by atoms with van der Waals surface area (Å²) in [6.07, 6.45) is 4.97. The van der Waals surface area contributed by atoms with Gasteiger partial charge in [0.15, 0.2) is 0 Å². The van der Waals surface area contributed by atoms with Gasteiger partial charge in [-0.25, -0.2) is 13.4 Å². The molecule has 204 valence electrons. The second kappa shape index (κ2) is 13.2. The number of benzene rings is 1. The molecule has 12 heteroatoms. The first-order valence-electron chi connectivity index (χ1n) is 12.5. The maximum absolute atomic E-state index is 13.6. The van der Waals surface area contributed by atoms with Gasteiger partial charge in [0.25, 0.3) is 0 Å². The molecule has 9 nitrogen and oxygen atoms in total. The fourth-order valence-electron chi connectivity index (χ4n) is 4.59. The fraction of sp³-hybridized carbons (Fsp3) is 0.423. The lowest BCUT2D eigenvalue weighted by Gasteiger charge is -2.34. The zero-order chi connectivity index (χ0) is 27.0. The minimum absolute atomic E-state index is 0.138. The summed E-state index contributed by atoms with van der Waals surface area (Å²) in [6.45, 7) is 0.263. The van der Waals surface area contributed by atoms with E-state index in [1.807, 2.05) is 30.3 Å². The Balaban J connectivity index is 1.54. The summed E-state index contributed by atoms with van der Waals surface area (Å²) in [7, 11) is -4.24. The van der Waals surface area contributed by atoms with Gasteiger partial charge in [-0.3, -0.25) is 14.2 Å². The number of sulfonamides is 1. The highest BCUT2D eigenvalue weighted by Crippen LogP contribution is 2.27. The molecule has 0 radical (unpaired) electrons. The molecule has 1 saturated heterocycles. The van der Waals surface area contributed by atoms with E-state index in [0.717, 1.165) is 5.56 Å². The van der Waals surface area contributed by atoms with E-state index in [1.54, 1.807) is 15.8 Å². The van der Waals surface area contributed by atoms with E-state index >= 15 is 0 Å². The van der Waals surface area contributed by atoms with Crippen molar-refractivity contribution >= 4 is 33.0 Å². The van der Waals surface area contributed by atoms with Crippen LogP contribution in [-0.4, -0.2) is 66.7 Å². The molecule has 2 aromatic heterocycles. The number of halogens is 1. The predicted molar refractivity (Wildman–Crippen MR) is 144 cm³/mol. The number of pyridine rings is 1. The van der Waals surface area contributed by atoms with E-state index in [9.17, 15) is 22.7 Å². The fourth-order valence-corrected chi connectivity index (χ4v) is 6.45. The van der Waals surface area contributed by atoms with Gasteiger partial charge in [-0.15, -0.1) is 11.3 Å². The smallest absolute Gasteiger partial charge is 0.246 e. The van der Waals surface area contributed by atoms with Crippen LogP contribution in [0.25, 0.3) is 0 Å². The van der Waals surface area contributed by atoms with Gasteiger partial charge in [-0.1, -0.05) is 30.3 Å². The first-order valence-corrected chi connectivity index (χ1v) is 14.9. The van der Waals surface area contributed by atoms with Crippen molar-refractivity contribution in [1.29, 1.82) is 0 Å². The van der Waals surface area contributed by atoms with Gasteiger partial charge in [-0.05, 0) is 43.2 Å². The number of alkyl halides is 1. The van der Waals surface area contributed by atoms with Crippen LogP contribution in [0.15, 0.2) is 64.6 Å². The molecule has 1 amide bonds. The number of aliphatic hydroxyl groups is 1. The molecule has 1 aliphatic heterocycles. The van der Waals surface area contributed by atoms with Crippen molar-refractivity contribution in [2.24, 2.45) is 5.92 Å². The first kappa shape index (κ1) is 28.1. The van der Waals surface area contributed by atoms with Crippen LogP contribution in [0.1, 0.15) is 36.6 Å². The van der Waals surface area contributed by atoms with Crippen molar-refractivity contribution < 1.29 is 22.7 Å². The number of piperidine rings is 1. The molecule has 3 N–H and O–H groups in total. The number of nitrogens with zero attached hydrogens (tertiary/aromatic N) is 3. The van der Waals surface area contributed by atoms with Crippen molar-refractivity contribution in [1.82, 2.24) is 19.6 Å². The second-order valence-electron chi connectivity index (χ2n) is 9.30. The largest absolute Gasteiger partial charge is 0.394 e. The summed E-state index contributed by atoms with van der Waals surface area (Å²) in [5.41, 5.74) is 3.11. The Kier molecular flexibility index (Phi) is 9.78. The van der Waals surface area contributed by atoms with Crippen LogP contribution in [0.5, 0.6) is 0 Å². The van der Waals surface area contributed by atoms with Gasteiger partial charge >= 0.3 is 0 Å². The summed E-state index contributed by atoms with van der Waals surface area (Å²) >= 11 is 1.27. The summed E-state index contributed by atoms with van der Waals surface area (Å²) in [5, 5.41) is 14.7. The Morgan fingerprint density at radius 3 is 2.63 bits per heavy atom. The summed E-state index contributed by atoms with van der Waals surface area (Å²) in [5.74, 6) is -0.174. The third kappa shape index (κ3) is 7.13. The molecule has 3 heterocycles. The van der Waals surface area contributed by atoms with Crippen molar-refractivity contribution in [3.05, 3.63) is 70.9 Å². The maximum Gasteiger partial charge on any atom is 0.246 e. The number of rotatable bonds is 12. The molecule has 0 aliphatic carbocycles. The average Bonchev–Trinajstić information content (AvgIpc) is 3.47. The number of hydrogen-bond acceptors (Lipinski definition) is 8. The van der Waals surface area contributed by atoms with Crippen molar-refractivity contribution in [3.63, 3.8) is 0 Å². The van der Waals surface area contributed by atoms with Gasteiger partial charge in [0, 0.05) is 30.9 Å². The van der Waals surface area contributed by atoms with Gasteiger partial charge < -0.3 is 15.3 Å². The highest BCUT2D eigenvalue weighted by Gasteiger charge is 2.34. The Hall–Kier alpha value is -2.93. The second-order valence-corrected chi connectivity index (χ2v) is 11.7. The van der Waals surface area contributed by atoms with Crippen LogP contribution >= 0.6 is 11.3 Å². The molecule has 1 aromatic carbocycles. The number of likely N-dealkylation sites (tertiary alicyclic amines) is 1. The minimum Gasteiger partial charge on any atom is -0.394 e. The first-order chi connectivity index (χ1) is 18.4. The molecule has 0 unspecified atom stereocenters. The molecule has 3 aromatic rings. The Morgan fingerprint density at radius 2 is 1.97 bits per heavy atom. The number of nitrogens with one attached hydrogen (secondary N) is 2. The molecule has 2 atom stereocenters. The summed E-state index contributed by atoms with van der Waals surface area (Å²) in [6, 6.07) is 9.42. The van der Waals surface area contributed by atoms with Crippen LogP contribution < -0.4 is 10.0 Å².